The molecule has 0 atom stereocenters. The van der Waals surface area contributed by atoms with Crippen LogP contribution in [0.15, 0.2) is 40.2 Å². The lowest BCUT2D eigenvalue weighted by Gasteiger charge is -2.09. The maximum Gasteiger partial charge on any atom is 0.123 e. The van der Waals surface area contributed by atoms with E-state index in [0.717, 1.165) is 15.8 Å². The van der Waals surface area contributed by atoms with Crippen LogP contribution in [0.5, 0.6) is 5.75 Å². The highest BCUT2D eigenvalue weighted by molar-refractivity contribution is 9.10. The summed E-state index contributed by atoms with van der Waals surface area (Å²) in [5.74, 6) is 0.853. The molecular weight excluding hydrogens is 300 g/mol. The second-order valence-corrected chi connectivity index (χ2v) is 5.51. The van der Waals surface area contributed by atoms with E-state index in [2.05, 4.69) is 22.0 Å². The summed E-state index contributed by atoms with van der Waals surface area (Å²) < 4.78 is 6.86. The topological polar surface area (TPSA) is 29.5 Å². The van der Waals surface area contributed by atoms with E-state index in [0.29, 0.717) is 13.0 Å². The normalized spacial score (nSPS) is 10.5. The van der Waals surface area contributed by atoms with E-state index in [9.17, 15) is 0 Å². The molecule has 0 saturated heterocycles. The quantitative estimate of drug-likeness (QED) is 0.913. The minimum absolute atomic E-state index is 0.144. The summed E-state index contributed by atoms with van der Waals surface area (Å²) in [6.45, 7) is 0.712. The fourth-order valence-corrected chi connectivity index (χ4v) is 2.91. The van der Waals surface area contributed by atoms with Gasteiger partial charge in [-0.25, -0.2) is 0 Å². The fourth-order valence-electron chi connectivity index (χ4n) is 1.55. The number of hydrogen-bond donors (Lipinski definition) is 1. The lowest BCUT2D eigenvalue weighted by atomic mass is 10.1. The van der Waals surface area contributed by atoms with Crippen molar-refractivity contribution in [1.29, 1.82) is 0 Å². The molecule has 1 aromatic carbocycles. The zero-order chi connectivity index (χ0) is 12.1. The third-order valence-electron chi connectivity index (χ3n) is 2.35. The molecule has 0 aliphatic carbocycles. The van der Waals surface area contributed by atoms with E-state index in [-0.39, 0.29) is 6.61 Å². The molecule has 0 bridgehead atoms. The largest absolute Gasteiger partial charge is 0.488 e. The van der Waals surface area contributed by atoms with Crippen LogP contribution in [-0.4, -0.2) is 11.7 Å². The molecule has 90 valence electrons. The Balaban J connectivity index is 2.03. The summed E-state index contributed by atoms with van der Waals surface area (Å²) in [5, 5.41) is 11.0. The van der Waals surface area contributed by atoms with E-state index in [1.165, 1.54) is 4.88 Å². The Morgan fingerprint density at radius 3 is 2.82 bits per heavy atom. The molecule has 17 heavy (non-hydrogen) atoms. The molecule has 1 N–H and O–H groups in total. The van der Waals surface area contributed by atoms with Gasteiger partial charge in [0.2, 0.25) is 0 Å². The van der Waals surface area contributed by atoms with Gasteiger partial charge >= 0.3 is 0 Å². The first-order valence-electron chi connectivity index (χ1n) is 5.34. The van der Waals surface area contributed by atoms with E-state index >= 15 is 0 Å². The molecule has 0 radical (unpaired) electrons. The van der Waals surface area contributed by atoms with Crippen LogP contribution in [0, 0.1) is 0 Å². The summed E-state index contributed by atoms with van der Waals surface area (Å²) in [6.07, 6.45) is 0.629. The maximum atomic E-state index is 8.97. The molecule has 4 heteroatoms. The van der Waals surface area contributed by atoms with E-state index < -0.39 is 0 Å². The summed E-state index contributed by atoms with van der Waals surface area (Å²) >= 11 is 5.09. The van der Waals surface area contributed by atoms with Gasteiger partial charge in [-0.2, -0.15) is 0 Å². The van der Waals surface area contributed by atoms with Crippen LogP contribution in [0.3, 0.4) is 0 Å². The van der Waals surface area contributed by atoms with Crippen molar-refractivity contribution in [3.8, 4) is 5.75 Å². The first kappa shape index (κ1) is 12.6. The predicted octanol–water partition coefficient (Wildman–Crippen LogP) is 3.62. The van der Waals surface area contributed by atoms with Crippen LogP contribution < -0.4 is 4.74 Å². The van der Waals surface area contributed by atoms with Crippen molar-refractivity contribution >= 4 is 27.3 Å². The molecular formula is C13H13BrO2S. The van der Waals surface area contributed by atoms with Gasteiger partial charge in [0.15, 0.2) is 0 Å². The Morgan fingerprint density at radius 2 is 2.12 bits per heavy atom. The van der Waals surface area contributed by atoms with Crippen molar-refractivity contribution in [1.82, 2.24) is 0 Å². The Labute approximate surface area is 113 Å². The molecule has 0 aliphatic rings. The highest BCUT2D eigenvalue weighted by atomic mass is 79.9. The van der Waals surface area contributed by atoms with Crippen LogP contribution in [0.4, 0.5) is 0 Å². The average molecular weight is 313 g/mol. The van der Waals surface area contributed by atoms with Crippen LogP contribution in [-0.2, 0) is 13.0 Å². The van der Waals surface area contributed by atoms with Gasteiger partial charge in [-0.15, -0.1) is 11.3 Å². The smallest absolute Gasteiger partial charge is 0.123 e. The lowest BCUT2D eigenvalue weighted by molar-refractivity contribution is 0.285. The summed E-state index contributed by atoms with van der Waals surface area (Å²) in [5.41, 5.74) is 1.05. The number of benzene rings is 1. The number of rotatable bonds is 5. The second-order valence-electron chi connectivity index (χ2n) is 3.60. The molecule has 1 aromatic heterocycles. The molecule has 0 unspecified atom stereocenters. The Hall–Kier alpha value is -0.840. The van der Waals surface area contributed by atoms with Gasteiger partial charge in [0.25, 0.3) is 0 Å². The van der Waals surface area contributed by atoms with Crippen molar-refractivity contribution in [3.05, 3.63) is 50.6 Å². The first-order valence-corrected chi connectivity index (χ1v) is 7.01. The van der Waals surface area contributed by atoms with Crippen molar-refractivity contribution in [2.45, 2.75) is 13.0 Å². The fraction of sp³-hybridized carbons (Fsp3) is 0.231. The number of halogens is 1. The summed E-state index contributed by atoms with van der Waals surface area (Å²) in [4.78, 5) is 1.18. The summed E-state index contributed by atoms with van der Waals surface area (Å²) in [6, 6.07) is 9.88. The Kier molecular flexibility index (Phi) is 4.59. The van der Waals surface area contributed by atoms with Crippen LogP contribution >= 0.6 is 27.3 Å². The Bertz CT molecular complexity index is 482. The SMILES string of the molecule is OCCc1ccccc1OCc1cc(Br)cs1. The molecule has 1 heterocycles. The zero-order valence-corrected chi connectivity index (χ0v) is 11.6. The molecule has 0 aliphatic heterocycles. The first-order chi connectivity index (χ1) is 8.29. The number of ether oxygens (including phenoxy) is 1. The van der Waals surface area contributed by atoms with Crippen LogP contribution in [0.25, 0.3) is 0 Å². The van der Waals surface area contributed by atoms with Gasteiger partial charge in [0.05, 0.1) is 0 Å². The van der Waals surface area contributed by atoms with Gasteiger partial charge in [-0.05, 0) is 40.0 Å². The Morgan fingerprint density at radius 1 is 1.29 bits per heavy atom. The van der Waals surface area contributed by atoms with Gasteiger partial charge in [-0.3, -0.25) is 0 Å². The highest BCUT2D eigenvalue weighted by Gasteiger charge is 2.04. The predicted molar refractivity (Wildman–Crippen MR) is 73.6 cm³/mol. The van der Waals surface area contributed by atoms with Crippen LogP contribution in [0.2, 0.25) is 0 Å². The minimum Gasteiger partial charge on any atom is -0.488 e. The molecule has 0 spiro atoms. The minimum atomic E-state index is 0.144. The van der Waals surface area contributed by atoms with Crippen molar-refractivity contribution in [2.24, 2.45) is 0 Å². The van der Waals surface area contributed by atoms with E-state index in [1.54, 1.807) is 11.3 Å². The van der Waals surface area contributed by atoms with Gasteiger partial charge in [0.1, 0.15) is 12.4 Å². The third kappa shape index (κ3) is 3.56. The number of aliphatic hydroxyl groups excluding tert-OH is 1. The number of hydrogen-bond acceptors (Lipinski definition) is 3. The standard InChI is InChI=1S/C13H13BrO2S/c14-11-7-12(17-9-11)8-16-13-4-2-1-3-10(13)5-6-15/h1-4,7,9,15H,5-6,8H2. The summed E-state index contributed by atoms with van der Waals surface area (Å²) in [7, 11) is 0. The molecule has 0 saturated carbocycles. The molecule has 2 aromatic rings. The molecule has 0 amide bonds. The van der Waals surface area contributed by atoms with E-state index in [4.69, 9.17) is 9.84 Å². The second kappa shape index (κ2) is 6.19. The van der Waals surface area contributed by atoms with Gasteiger partial charge < -0.3 is 9.84 Å². The molecule has 2 nitrogen and oxygen atoms in total. The van der Waals surface area contributed by atoms with Crippen LogP contribution in [0.1, 0.15) is 10.4 Å². The molecule has 2 rings (SSSR count). The number of aliphatic hydroxyl groups is 1. The van der Waals surface area contributed by atoms with Gasteiger partial charge in [-0.1, -0.05) is 18.2 Å². The monoisotopic (exact) mass is 312 g/mol. The van der Waals surface area contributed by atoms with Crippen molar-refractivity contribution in [3.63, 3.8) is 0 Å². The molecule has 0 fully saturated rings. The zero-order valence-electron chi connectivity index (χ0n) is 9.23. The maximum absolute atomic E-state index is 8.97. The van der Waals surface area contributed by atoms with E-state index in [1.807, 2.05) is 29.6 Å². The van der Waals surface area contributed by atoms with Crippen molar-refractivity contribution in [2.75, 3.05) is 6.61 Å². The number of thiophene rings is 1. The number of para-hydroxylation sites is 1. The average Bonchev–Trinajstić information content (AvgIpc) is 2.74. The lowest BCUT2D eigenvalue weighted by Crippen LogP contribution is -1.98. The third-order valence-corrected chi connectivity index (χ3v) is 4.02. The highest BCUT2D eigenvalue weighted by Crippen LogP contribution is 2.23. The van der Waals surface area contributed by atoms with Gasteiger partial charge in [0, 0.05) is 21.3 Å². The van der Waals surface area contributed by atoms with Crippen molar-refractivity contribution < 1.29 is 9.84 Å².